The third-order valence-corrected chi connectivity index (χ3v) is 4.38. The smallest absolute Gasteiger partial charge is 0.156 e. The molecule has 0 bridgehead atoms. The van der Waals surface area contributed by atoms with Crippen molar-refractivity contribution in [1.29, 1.82) is 0 Å². The van der Waals surface area contributed by atoms with E-state index in [4.69, 9.17) is 12.8 Å². The summed E-state index contributed by atoms with van der Waals surface area (Å²) in [6.07, 6.45) is 9.25. The molecule has 0 saturated heterocycles. The minimum absolute atomic E-state index is 0.0204. The first-order valence-corrected chi connectivity index (χ1v) is 7.50. The zero-order valence-corrected chi connectivity index (χ0v) is 11.1. The molecule has 2 radical (unpaired) electrons. The van der Waals surface area contributed by atoms with Gasteiger partial charge in [-0.25, -0.2) is 0 Å². The highest BCUT2D eigenvalue weighted by molar-refractivity contribution is 8.13. The summed E-state index contributed by atoms with van der Waals surface area (Å²) in [5, 5.41) is 4.68. The first-order chi connectivity index (χ1) is 7.61. The second-order valence-corrected chi connectivity index (χ2v) is 6.19. The van der Waals surface area contributed by atoms with Crippen molar-refractivity contribution in [2.45, 2.75) is 62.8 Å². The number of thioether (sulfide) groups is 1. The van der Waals surface area contributed by atoms with Crippen LogP contribution in [0.2, 0.25) is 5.31 Å². The molecular formula is C12H21BN2S. The molecule has 0 aromatic carbocycles. The molecule has 1 aliphatic carbocycles. The fourth-order valence-corrected chi connectivity index (χ4v) is 3.18. The topological polar surface area (TPSA) is 24.4 Å². The highest BCUT2D eigenvalue weighted by atomic mass is 32.2. The Morgan fingerprint density at radius 3 is 2.94 bits per heavy atom. The fraction of sp³-hybridized carbons (Fsp3) is 0.917. The molecule has 2 aliphatic rings. The molecule has 1 heterocycles. The van der Waals surface area contributed by atoms with Crippen LogP contribution >= 0.6 is 11.8 Å². The van der Waals surface area contributed by atoms with E-state index >= 15 is 0 Å². The zero-order valence-electron chi connectivity index (χ0n) is 10.3. The van der Waals surface area contributed by atoms with E-state index in [1.807, 2.05) is 0 Å². The van der Waals surface area contributed by atoms with Crippen LogP contribution < -0.4 is 5.32 Å². The molecule has 1 aliphatic heterocycles. The van der Waals surface area contributed by atoms with Gasteiger partial charge in [0.05, 0.1) is 19.9 Å². The van der Waals surface area contributed by atoms with Crippen LogP contribution in [-0.4, -0.2) is 31.4 Å². The molecule has 4 heteroatoms. The standard InChI is InChI=1S/C12H21BN2S/c1-12(13)7-4-3-5-9-10(6-8-12)15-11(14-9)16-2/h9-10H,3-8H2,1-2H3,(H,14,15). The van der Waals surface area contributed by atoms with Crippen molar-refractivity contribution in [1.82, 2.24) is 5.32 Å². The van der Waals surface area contributed by atoms with Crippen LogP contribution in [0.3, 0.4) is 0 Å². The Bertz CT molecular complexity index is 278. The van der Waals surface area contributed by atoms with Crippen molar-refractivity contribution in [3.8, 4) is 0 Å². The van der Waals surface area contributed by atoms with E-state index < -0.39 is 0 Å². The van der Waals surface area contributed by atoms with Gasteiger partial charge in [-0.05, 0) is 19.1 Å². The highest BCUT2D eigenvalue weighted by Crippen LogP contribution is 2.37. The molecule has 1 fully saturated rings. The van der Waals surface area contributed by atoms with Crippen molar-refractivity contribution in [2.24, 2.45) is 4.99 Å². The minimum atomic E-state index is 0.0204. The number of nitrogens with one attached hydrogen (secondary N) is 1. The molecule has 0 aromatic rings. The Balaban J connectivity index is 2.02. The lowest BCUT2D eigenvalue weighted by Gasteiger charge is -2.25. The van der Waals surface area contributed by atoms with Crippen molar-refractivity contribution in [3.63, 3.8) is 0 Å². The van der Waals surface area contributed by atoms with Gasteiger partial charge in [-0.3, -0.25) is 4.99 Å². The molecule has 3 unspecified atom stereocenters. The molecule has 1 saturated carbocycles. The van der Waals surface area contributed by atoms with E-state index in [9.17, 15) is 0 Å². The first-order valence-electron chi connectivity index (χ1n) is 6.28. The van der Waals surface area contributed by atoms with Crippen molar-refractivity contribution < 1.29 is 0 Å². The van der Waals surface area contributed by atoms with Gasteiger partial charge in [0.15, 0.2) is 5.17 Å². The van der Waals surface area contributed by atoms with Crippen molar-refractivity contribution in [2.75, 3.05) is 6.26 Å². The van der Waals surface area contributed by atoms with Gasteiger partial charge in [0.25, 0.3) is 0 Å². The first kappa shape index (κ1) is 12.3. The quantitative estimate of drug-likeness (QED) is 0.654. The van der Waals surface area contributed by atoms with Gasteiger partial charge in [0, 0.05) is 0 Å². The van der Waals surface area contributed by atoms with Crippen LogP contribution in [0.25, 0.3) is 0 Å². The lowest BCUT2D eigenvalue weighted by Crippen LogP contribution is -2.33. The molecule has 0 aromatic heterocycles. The van der Waals surface area contributed by atoms with Crippen LogP contribution in [0, 0.1) is 0 Å². The maximum atomic E-state index is 6.29. The number of hydrogen-bond acceptors (Lipinski definition) is 3. The largest absolute Gasteiger partial charge is 0.360 e. The zero-order chi connectivity index (χ0) is 11.6. The van der Waals surface area contributed by atoms with Crippen LogP contribution in [0.1, 0.15) is 45.4 Å². The molecule has 88 valence electrons. The Labute approximate surface area is 104 Å². The van der Waals surface area contributed by atoms with Crippen molar-refractivity contribution in [3.05, 3.63) is 0 Å². The lowest BCUT2D eigenvalue weighted by atomic mass is 9.64. The Hall–Kier alpha value is -0.115. The second-order valence-electron chi connectivity index (χ2n) is 5.40. The maximum absolute atomic E-state index is 6.29. The Kier molecular flexibility index (Phi) is 3.88. The van der Waals surface area contributed by atoms with Gasteiger partial charge in [-0.1, -0.05) is 49.7 Å². The summed E-state index contributed by atoms with van der Waals surface area (Å²) in [7, 11) is 6.29. The Morgan fingerprint density at radius 1 is 1.38 bits per heavy atom. The van der Waals surface area contributed by atoms with Crippen LogP contribution in [0.15, 0.2) is 4.99 Å². The van der Waals surface area contributed by atoms with E-state index in [1.165, 1.54) is 19.3 Å². The average molecular weight is 236 g/mol. The molecular weight excluding hydrogens is 215 g/mol. The van der Waals surface area contributed by atoms with E-state index in [2.05, 4.69) is 18.5 Å². The summed E-state index contributed by atoms with van der Waals surface area (Å²) < 4.78 is 0. The molecule has 0 spiro atoms. The van der Waals surface area contributed by atoms with Crippen LogP contribution in [-0.2, 0) is 0 Å². The predicted octanol–water partition coefficient (Wildman–Crippen LogP) is 2.75. The van der Waals surface area contributed by atoms with Gasteiger partial charge in [0.2, 0.25) is 0 Å². The fourth-order valence-electron chi connectivity index (χ4n) is 2.67. The number of rotatable bonds is 0. The summed E-state index contributed by atoms with van der Waals surface area (Å²) in [4.78, 5) is 4.75. The number of hydrogen-bond donors (Lipinski definition) is 1. The van der Waals surface area contributed by atoms with E-state index in [-0.39, 0.29) is 5.31 Å². The maximum Gasteiger partial charge on any atom is 0.156 e. The summed E-state index contributed by atoms with van der Waals surface area (Å²) in [6, 6.07) is 1.03. The summed E-state index contributed by atoms with van der Waals surface area (Å²) in [5.74, 6) is 0. The van der Waals surface area contributed by atoms with Crippen LogP contribution in [0.4, 0.5) is 0 Å². The number of fused-ring (bicyclic) bond motifs is 1. The van der Waals surface area contributed by atoms with Gasteiger partial charge < -0.3 is 5.32 Å². The van der Waals surface area contributed by atoms with Gasteiger partial charge in [-0.15, -0.1) is 0 Å². The number of aliphatic imine (C=N–C) groups is 1. The Morgan fingerprint density at radius 2 is 2.19 bits per heavy atom. The average Bonchev–Trinajstić information content (AvgIpc) is 2.65. The van der Waals surface area contributed by atoms with E-state index in [0.29, 0.717) is 12.1 Å². The monoisotopic (exact) mass is 236 g/mol. The van der Waals surface area contributed by atoms with Crippen LogP contribution in [0.5, 0.6) is 0 Å². The molecule has 2 rings (SSSR count). The summed E-state index contributed by atoms with van der Waals surface area (Å²) in [6.45, 7) is 2.19. The van der Waals surface area contributed by atoms with Gasteiger partial charge >= 0.3 is 0 Å². The molecule has 0 amide bonds. The molecule has 1 N–H and O–H groups in total. The predicted molar refractivity (Wildman–Crippen MR) is 73.5 cm³/mol. The minimum Gasteiger partial charge on any atom is -0.360 e. The number of amidine groups is 1. The van der Waals surface area contributed by atoms with E-state index in [0.717, 1.165) is 24.4 Å². The lowest BCUT2D eigenvalue weighted by molar-refractivity contribution is 0.444. The summed E-state index contributed by atoms with van der Waals surface area (Å²) in [5.41, 5.74) is 0. The molecule has 2 nitrogen and oxygen atoms in total. The second kappa shape index (κ2) is 5.03. The normalized spacial score (nSPS) is 40.0. The third-order valence-electron chi connectivity index (χ3n) is 3.77. The molecule has 16 heavy (non-hydrogen) atoms. The van der Waals surface area contributed by atoms with E-state index in [1.54, 1.807) is 11.8 Å². The highest BCUT2D eigenvalue weighted by Gasteiger charge is 2.31. The molecule has 3 atom stereocenters. The van der Waals surface area contributed by atoms with Gasteiger partial charge in [-0.2, -0.15) is 0 Å². The summed E-state index contributed by atoms with van der Waals surface area (Å²) >= 11 is 1.72. The van der Waals surface area contributed by atoms with Gasteiger partial charge in [0.1, 0.15) is 0 Å². The SMILES string of the molecule is [B]C1(C)CCCCC2NC(SC)=NC2CC1. The van der Waals surface area contributed by atoms with Crippen molar-refractivity contribution >= 4 is 24.8 Å². The number of nitrogens with zero attached hydrogens (tertiary/aromatic N) is 1. The third kappa shape index (κ3) is 2.96.